The molecule has 4 aliphatic rings. The molecule has 0 bridgehead atoms. The van der Waals surface area contributed by atoms with Gasteiger partial charge in [-0.2, -0.15) is 0 Å². The second-order valence-electron chi connectivity index (χ2n) is 31.3. The van der Waals surface area contributed by atoms with Gasteiger partial charge in [-0.05, 0) is 238 Å². The summed E-state index contributed by atoms with van der Waals surface area (Å²) in [4.78, 5) is 92.1. The van der Waals surface area contributed by atoms with Crippen LogP contribution in [0.1, 0.15) is 164 Å². The van der Waals surface area contributed by atoms with Gasteiger partial charge in [0.1, 0.15) is 47.5 Å². The number of ether oxygens (including phenoxy) is 7. The van der Waals surface area contributed by atoms with Crippen molar-refractivity contribution in [3.63, 3.8) is 0 Å². The van der Waals surface area contributed by atoms with Crippen molar-refractivity contribution in [1.29, 1.82) is 0 Å². The fourth-order valence-electron chi connectivity index (χ4n) is 13.5. The SMILES string of the molecule is C#CCN[C@H]1CCc2cc(OC(=O)N(C)C)ccc21.C#CCN[C@H]1CCc2cc(OC(=O)N(C)CC)ccc21.C#CCN[C@H]1CCc2cc(OC(=O)N(CC)CC)ccc21.C=CCN[C@H]1CCc2cc(OC(=O)N(C)CC)ccc21.CCN(C)C(=O)Oc1ccc[n+](CC)c1.CCN(CC)C(=O)Oc1ccc[n+](CC)c1.CC[N+](C)(C)c1cccc(OC(=O)N(C)C)c1. The Kier molecular flexibility index (Phi) is 46.3. The lowest BCUT2D eigenvalue weighted by atomic mass is 10.1. The zero-order valence-corrected chi connectivity index (χ0v) is 78.9. The molecule has 4 atom stereocenters. The van der Waals surface area contributed by atoms with Crippen molar-refractivity contribution in [3.05, 3.63) is 203 Å². The Balaban J connectivity index is 0.000000265. The van der Waals surface area contributed by atoms with Crippen molar-refractivity contribution < 1.29 is 75.9 Å². The Hall–Kier alpha value is -12.5. The number of pyridine rings is 2. The predicted octanol–water partition coefficient (Wildman–Crippen LogP) is 15.6. The van der Waals surface area contributed by atoms with Crippen LogP contribution in [0.5, 0.6) is 40.2 Å². The Morgan fingerprint density at radius 2 is 0.680 bits per heavy atom. The summed E-state index contributed by atoms with van der Waals surface area (Å²) in [6, 6.07) is 39.6. The highest BCUT2D eigenvalue weighted by molar-refractivity contribution is 5.74. The number of hydrogen-bond donors (Lipinski definition) is 4. The van der Waals surface area contributed by atoms with E-state index in [-0.39, 0.29) is 42.7 Å². The number of carbonyl (C=O) groups excluding carboxylic acids is 7. The first kappa shape index (κ1) is 106. The van der Waals surface area contributed by atoms with Crippen molar-refractivity contribution in [3.8, 4) is 77.3 Å². The van der Waals surface area contributed by atoms with E-state index in [1.165, 1.54) is 64.1 Å². The summed E-state index contributed by atoms with van der Waals surface area (Å²) in [7, 11) is 16.0. The van der Waals surface area contributed by atoms with Crippen molar-refractivity contribution >= 4 is 48.3 Å². The third kappa shape index (κ3) is 34.4. The number of carbonyl (C=O) groups is 7. The zero-order chi connectivity index (χ0) is 94.4. The van der Waals surface area contributed by atoms with Crippen molar-refractivity contribution in [1.82, 2.24) is 60.0 Å². The Morgan fingerprint density at radius 3 is 0.969 bits per heavy atom. The van der Waals surface area contributed by atoms with E-state index in [9.17, 15) is 33.6 Å². The number of terminal acetylenes is 3. The van der Waals surface area contributed by atoms with Gasteiger partial charge in [0.25, 0.3) is 0 Å². The van der Waals surface area contributed by atoms with Gasteiger partial charge < -0.3 is 72.8 Å². The largest absolute Gasteiger partial charge is 0.415 e. The first-order valence-electron chi connectivity index (χ1n) is 44.1. The van der Waals surface area contributed by atoms with Gasteiger partial charge in [0.05, 0.1) is 40.3 Å². The number of aryl methyl sites for hydroxylation is 6. The molecule has 0 spiro atoms. The second kappa shape index (κ2) is 55.9. The number of hydrogen-bond acceptors (Lipinski definition) is 18. The summed E-state index contributed by atoms with van der Waals surface area (Å²) in [5.41, 5.74) is 11.1. The molecule has 4 aliphatic carbocycles. The normalized spacial score (nSPS) is 14.1. The zero-order valence-electron chi connectivity index (χ0n) is 78.9. The quantitative estimate of drug-likeness (QED) is 0.0161. The number of rotatable bonds is 27. The van der Waals surface area contributed by atoms with Crippen LogP contribution in [0.15, 0.2) is 159 Å². The molecule has 4 N–H and O–H groups in total. The number of aromatic nitrogens is 2. The van der Waals surface area contributed by atoms with Crippen LogP contribution in [-0.2, 0) is 38.8 Å². The van der Waals surface area contributed by atoms with Crippen molar-refractivity contribution in [2.24, 2.45) is 0 Å². The topological polar surface area (TPSA) is 263 Å². The number of nitrogens with zero attached hydrogens (tertiary/aromatic N) is 10. The maximum Gasteiger partial charge on any atom is 0.415 e. The molecule has 7 aromatic rings. The Bertz CT molecular complexity index is 4850. The minimum Gasteiger partial charge on any atom is -0.410 e. The highest BCUT2D eigenvalue weighted by Crippen LogP contribution is 2.38. The van der Waals surface area contributed by atoms with Gasteiger partial charge in [-0.15, -0.1) is 25.8 Å². The molecule has 28 nitrogen and oxygen atoms in total. The van der Waals surface area contributed by atoms with Crippen LogP contribution in [0.3, 0.4) is 0 Å². The molecular formula is C100H139N14O14+3. The first-order chi connectivity index (χ1) is 61.3. The molecule has 0 unspecified atom stereocenters. The highest BCUT2D eigenvalue weighted by atomic mass is 16.6. The number of fused-ring (bicyclic) bond motifs is 4. The molecule has 0 saturated carbocycles. The van der Waals surface area contributed by atoms with Gasteiger partial charge in [0.15, 0.2) is 23.9 Å². The maximum absolute atomic E-state index is 11.9. The van der Waals surface area contributed by atoms with Gasteiger partial charge >= 0.3 is 42.7 Å². The van der Waals surface area contributed by atoms with E-state index in [1.807, 2.05) is 193 Å². The fraction of sp³-hybridized carbons (Fsp3) is 0.450. The first-order valence-corrected chi connectivity index (χ1v) is 44.1. The molecule has 0 radical (unpaired) electrons. The Morgan fingerprint density at radius 1 is 0.391 bits per heavy atom. The van der Waals surface area contributed by atoms with Crippen LogP contribution in [0.4, 0.5) is 39.2 Å². The monoisotopic (exact) mass is 1760 g/mol. The minimum absolute atomic E-state index is 0.292. The molecule has 2 heterocycles. The van der Waals surface area contributed by atoms with E-state index in [2.05, 4.69) is 72.7 Å². The molecule has 2 aromatic heterocycles. The molecule has 0 fully saturated rings. The van der Waals surface area contributed by atoms with E-state index in [0.717, 1.165) is 87.7 Å². The molecule has 28 heteroatoms. The lowest BCUT2D eigenvalue weighted by Gasteiger charge is -2.27. The lowest BCUT2D eigenvalue weighted by Crippen LogP contribution is -2.39. The molecule has 5 aromatic carbocycles. The van der Waals surface area contributed by atoms with E-state index >= 15 is 0 Å². The predicted molar refractivity (Wildman–Crippen MR) is 504 cm³/mol. The third-order valence-corrected chi connectivity index (χ3v) is 21.9. The van der Waals surface area contributed by atoms with E-state index in [0.29, 0.717) is 130 Å². The fourth-order valence-corrected chi connectivity index (χ4v) is 13.5. The lowest BCUT2D eigenvalue weighted by molar-refractivity contribution is -0.693. The number of quaternary nitrogens is 1. The standard InChI is InChI=1S/C17H22N2O2.C16H22N2O2.C16H20N2O2.C15H18N2O2.C13H21N2O2.C12H19N2O2.C11H17N2O2/c1-4-11-18-16-10-7-13-12-14(8-9-15(13)16)21-17(20)19(5-2)6-3;2*1-4-10-17-15-9-6-12-11-13(7-8-14(12)15)20-16(19)18(3)5-2;1-4-9-16-14-8-5-11-10-12(6-7-13(11)14)19-15(18)17(2)3;1-6-15(4,5)11-8-7-9-12(10-11)17-13(16)14(2)3;1-4-13-9-7-8-11(10-13)16-12(15)14(5-2)6-3;1-4-12(3)11(14)15-10-7-6-8-13(5-2)9-10/h1,8-9,12,16,18H,5-7,10-11H2,2-3H3;4,7-8,11,15,17H,1,5-6,9-10H2,2-3H3;1,7-8,11,15,17H,5-6,9-10H2,2-3H3;1,6-7,10,14,16H,5,8-9H2,2-3H3;7-10H,6H2,1-5H3;7-10H,4-6H2,1-3H3;6-9H,4-5H2,1-3H3/q;;;;3*+1/t16-;2*15-;14-;;;/m0000.../s1. The van der Waals surface area contributed by atoms with Crippen LogP contribution < -0.4 is 68.0 Å². The molecular weight excluding hydrogens is 1620 g/mol. The summed E-state index contributed by atoms with van der Waals surface area (Å²) in [5, 5.41) is 13.4. The summed E-state index contributed by atoms with van der Waals surface area (Å²) >= 11 is 0. The summed E-state index contributed by atoms with van der Waals surface area (Å²) in [6.45, 7) is 33.1. The molecule has 0 aliphatic heterocycles. The van der Waals surface area contributed by atoms with Crippen LogP contribution in [0.2, 0.25) is 0 Å². The van der Waals surface area contributed by atoms with Gasteiger partial charge in [0, 0.05) is 144 Å². The average Bonchev–Trinajstić information content (AvgIpc) is 1.69. The Labute approximate surface area is 760 Å². The third-order valence-electron chi connectivity index (χ3n) is 21.9. The van der Waals surface area contributed by atoms with Gasteiger partial charge in [-0.3, -0.25) is 20.4 Å². The van der Waals surface area contributed by atoms with Gasteiger partial charge in [0.2, 0.25) is 12.4 Å². The number of amides is 7. The molecule has 128 heavy (non-hydrogen) atoms. The summed E-state index contributed by atoms with van der Waals surface area (Å²) in [6.07, 6.45) is 31.0. The number of nitrogens with one attached hydrogen (secondary N) is 4. The van der Waals surface area contributed by atoms with Crippen LogP contribution in [0, 0.1) is 37.0 Å². The highest BCUT2D eigenvalue weighted by Gasteiger charge is 2.28. The van der Waals surface area contributed by atoms with Crippen LogP contribution >= 0.6 is 0 Å². The van der Waals surface area contributed by atoms with E-state index in [4.69, 9.17) is 52.4 Å². The molecule has 690 valence electrons. The molecule has 11 rings (SSSR count). The van der Waals surface area contributed by atoms with Crippen LogP contribution in [0.25, 0.3) is 0 Å². The minimum atomic E-state index is -0.361. The smallest absolute Gasteiger partial charge is 0.410 e. The molecule has 7 amide bonds. The second-order valence-corrected chi connectivity index (χ2v) is 31.3. The summed E-state index contributed by atoms with van der Waals surface area (Å²) in [5.74, 6) is 12.0. The van der Waals surface area contributed by atoms with Crippen molar-refractivity contribution in [2.75, 3.05) is 142 Å². The number of benzene rings is 5. The maximum atomic E-state index is 11.9. The summed E-state index contributed by atoms with van der Waals surface area (Å²) < 4.78 is 41.7. The van der Waals surface area contributed by atoms with E-state index in [1.54, 1.807) is 88.4 Å². The molecule has 0 saturated heterocycles. The average molecular weight is 1760 g/mol. The van der Waals surface area contributed by atoms with Crippen LogP contribution in [-0.4, -0.2) is 219 Å². The van der Waals surface area contributed by atoms with E-state index < -0.39 is 0 Å². The van der Waals surface area contributed by atoms with Gasteiger partial charge in [-0.25, -0.2) is 42.7 Å². The van der Waals surface area contributed by atoms with Crippen molar-refractivity contribution in [2.45, 2.75) is 158 Å². The van der Waals surface area contributed by atoms with Gasteiger partial charge in [-0.1, -0.05) is 54.2 Å².